The van der Waals surface area contributed by atoms with Crippen molar-refractivity contribution in [2.24, 2.45) is 0 Å². The molecule has 0 radical (unpaired) electrons. The fourth-order valence-corrected chi connectivity index (χ4v) is 3.56. The van der Waals surface area contributed by atoms with Crippen LogP contribution in [0.5, 0.6) is 0 Å². The van der Waals surface area contributed by atoms with Crippen LogP contribution in [0.15, 0.2) is 12.4 Å². The van der Waals surface area contributed by atoms with E-state index in [1.165, 1.54) is 0 Å². The molecule has 0 saturated carbocycles. The second-order valence-electron chi connectivity index (χ2n) is 4.02. The first kappa shape index (κ1) is 10.6. The van der Waals surface area contributed by atoms with E-state index in [2.05, 4.69) is 15.5 Å². The standard InChI is InChI=1S/C9H15N3O2S/c1-7(8-4-10-11-5-8)12-9-2-3-15(13,14)6-9/h4-5,7,9,12H,2-3,6H2,1H3,(H,10,11). The molecule has 6 heteroatoms. The van der Waals surface area contributed by atoms with E-state index in [0.717, 1.165) is 5.56 Å². The van der Waals surface area contributed by atoms with Crippen LogP contribution >= 0.6 is 0 Å². The molecular weight excluding hydrogens is 214 g/mol. The molecule has 2 heterocycles. The topological polar surface area (TPSA) is 74.8 Å². The maximum absolute atomic E-state index is 11.3. The van der Waals surface area contributed by atoms with E-state index in [4.69, 9.17) is 0 Å². The molecule has 1 fully saturated rings. The van der Waals surface area contributed by atoms with Crippen LogP contribution in [0.4, 0.5) is 0 Å². The van der Waals surface area contributed by atoms with Gasteiger partial charge in [0.2, 0.25) is 0 Å². The van der Waals surface area contributed by atoms with E-state index >= 15 is 0 Å². The molecule has 2 rings (SSSR count). The highest BCUT2D eigenvalue weighted by Crippen LogP contribution is 2.16. The predicted molar refractivity (Wildman–Crippen MR) is 57.2 cm³/mol. The van der Waals surface area contributed by atoms with Crippen molar-refractivity contribution < 1.29 is 8.42 Å². The summed E-state index contributed by atoms with van der Waals surface area (Å²) < 4.78 is 22.5. The van der Waals surface area contributed by atoms with Gasteiger partial charge in [0.05, 0.1) is 17.7 Å². The third-order valence-corrected chi connectivity index (χ3v) is 4.51. The number of aromatic amines is 1. The van der Waals surface area contributed by atoms with Gasteiger partial charge in [-0.15, -0.1) is 0 Å². The minimum Gasteiger partial charge on any atom is -0.306 e. The molecule has 1 aromatic rings. The van der Waals surface area contributed by atoms with E-state index in [0.29, 0.717) is 12.2 Å². The van der Waals surface area contributed by atoms with Crippen LogP contribution in [0.25, 0.3) is 0 Å². The van der Waals surface area contributed by atoms with Gasteiger partial charge in [0.25, 0.3) is 0 Å². The van der Waals surface area contributed by atoms with E-state index in [1.807, 2.05) is 13.1 Å². The van der Waals surface area contributed by atoms with Gasteiger partial charge >= 0.3 is 0 Å². The van der Waals surface area contributed by atoms with Gasteiger partial charge in [-0.05, 0) is 13.3 Å². The molecule has 0 aromatic carbocycles. The molecule has 1 aliphatic rings. The Bertz CT molecular complexity index is 413. The Morgan fingerprint density at radius 3 is 3.00 bits per heavy atom. The van der Waals surface area contributed by atoms with Crippen molar-refractivity contribution in [2.75, 3.05) is 11.5 Å². The Hall–Kier alpha value is -0.880. The van der Waals surface area contributed by atoms with E-state index in [1.54, 1.807) is 6.20 Å². The van der Waals surface area contributed by atoms with Crippen LogP contribution in [-0.2, 0) is 9.84 Å². The minimum absolute atomic E-state index is 0.0832. The predicted octanol–water partition coefficient (Wildman–Crippen LogP) is 0.247. The number of nitrogens with one attached hydrogen (secondary N) is 2. The third-order valence-electron chi connectivity index (χ3n) is 2.74. The molecule has 0 spiro atoms. The van der Waals surface area contributed by atoms with Gasteiger partial charge in [-0.3, -0.25) is 5.10 Å². The van der Waals surface area contributed by atoms with Crippen LogP contribution < -0.4 is 5.32 Å². The second kappa shape index (κ2) is 3.94. The largest absolute Gasteiger partial charge is 0.306 e. The molecule has 1 aromatic heterocycles. The summed E-state index contributed by atoms with van der Waals surface area (Å²) in [7, 11) is -2.80. The number of nitrogens with zero attached hydrogens (tertiary/aromatic N) is 1. The molecule has 1 aliphatic heterocycles. The number of H-pyrrole nitrogens is 1. The number of hydrogen-bond donors (Lipinski definition) is 2. The molecule has 84 valence electrons. The maximum atomic E-state index is 11.3. The van der Waals surface area contributed by atoms with Gasteiger partial charge in [0, 0.05) is 23.8 Å². The summed E-state index contributed by atoms with van der Waals surface area (Å²) in [5.41, 5.74) is 1.05. The van der Waals surface area contributed by atoms with Crippen molar-refractivity contribution in [1.29, 1.82) is 0 Å². The van der Waals surface area contributed by atoms with Crippen LogP contribution in [0, 0.1) is 0 Å². The van der Waals surface area contributed by atoms with Crippen LogP contribution in [-0.4, -0.2) is 36.2 Å². The zero-order valence-corrected chi connectivity index (χ0v) is 9.42. The zero-order chi connectivity index (χ0) is 10.9. The summed E-state index contributed by atoms with van der Waals surface area (Å²) in [5.74, 6) is 0.567. The average Bonchev–Trinajstić information content (AvgIpc) is 2.74. The average molecular weight is 229 g/mol. The maximum Gasteiger partial charge on any atom is 0.151 e. The third kappa shape index (κ3) is 2.57. The molecule has 0 aliphatic carbocycles. The first-order valence-corrected chi connectivity index (χ1v) is 6.84. The molecule has 2 atom stereocenters. The fourth-order valence-electron chi connectivity index (χ4n) is 1.87. The molecule has 5 nitrogen and oxygen atoms in total. The van der Waals surface area contributed by atoms with Crippen molar-refractivity contribution in [3.05, 3.63) is 18.0 Å². The van der Waals surface area contributed by atoms with Gasteiger partial charge in [-0.25, -0.2) is 8.42 Å². The summed E-state index contributed by atoms with van der Waals surface area (Å²) in [5, 5.41) is 9.90. The van der Waals surface area contributed by atoms with Crippen molar-refractivity contribution >= 4 is 9.84 Å². The van der Waals surface area contributed by atoms with Gasteiger partial charge < -0.3 is 5.32 Å². The van der Waals surface area contributed by atoms with Gasteiger partial charge in [0.15, 0.2) is 9.84 Å². The molecular formula is C9H15N3O2S. The van der Waals surface area contributed by atoms with E-state index < -0.39 is 9.84 Å². The Morgan fingerprint density at radius 2 is 2.47 bits per heavy atom. The number of rotatable bonds is 3. The quantitative estimate of drug-likeness (QED) is 0.779. The van der Waals surface area contributed by atoms with Gasteiger partial charge in [0.1, 0.15) is 0 Å². The summed E-state index contributed by atoms with van der Waals surface area (Å²) in [4.78, 5) is 0. The van der Waals surface area contributed by atoms with Crippen molar-refractivity contribution in [3.63, 3.8) is 0 Å². The highest BCUT2D eigenvalue weighted by atomic mass is 32.2. The van der Waals surface area contributed by atoms with Crippen molar-refractivity contribution in [3.8, 4) is 0 Å². The second-order valence-corrected chi connectivity index (χ2v) is 6.25. The normalized spacial score (nSPS) is 26.6. The summed E-state index contributed by atoms with van der Waals surface area (Å²) >= 11 is 0. The zero-order valence-electron chi connectivity index (χ0n) is 8.60. The van der Waals surface area contributed by atoms with Crippen LogP contribution in [0.2, 0.25) is 0 Å². The van der Waals surface area contributed by atoms with Crippen molar-refractivity contribution in [2.45, 2.75) is 25.4 Å². The monoisotopic (exact) mass is 229 g/mol. The molecule has 15 heavy (non-hydrogen) atoms. The lowest BCUT2D eigenvalue weighted by Gasteiger charge is -2.16. The molecule has 2 N–H and O–H groups in total. The molecule has 2 unspecified atom stereocenters. The fraction of sp³-hybridized carbons (Fsp3) is 0.667. The molecule has 0 amide bonds. The number of aromatic nitrogens is 2. The number of hydrogen-bond acceptors (Lipinski definition) is 4. The highest BCUT2D eigenvalue weighted by molar-refractivity contribution is 7.91. The lowest BCUT2D eigenvalue weighted by atomic mass is 10.1. The Morgan fingerprint density at radius 1 is 1.67 bits per heavy atom. The SMILES string of the molecule is CC(NC1CCS(=O)(=O)C1)c1cn[nH]c1. The Balaban J connectivity index is 1.94. The van der Waals surface area contributed by atoms with E-state index in [-0.39, 0.29) is 17.8 Å². The molecule has 1 saturated heterocycles. The van der Waals surface area contributed by atoms with Crippen molar-refractivity contribution in [1.82, 2.24) is 15.5 Å². The lowest BCUT2D eigenvalue weighted by molar-refractivity contribution is 0.485. The van der Waals surface area contributed by atoms with Crippen LogP contribution in [0.3, 0.4) is 0 Å². The Labute approximate surface area is 89.2 Å². The first-order chi connectivity index (χ1) is 7.07. The smallest absolute Gasteiger partial charge is 0.151 e. The minimum atomic E-state index is -2.80. The Kier molecular flexibility index (Phi) is 2.79. The van der Waals surface area contributed by atoms with Gasteiger partial charge in [-0.2, -0.15) is 5.10 Å². The van der Waals surface area contributed by atoms with Gasteiger partial charge in [-0.1, -0.05) is 0 Å². The molecule has 0 bridgehead atoms. The summed E-state index contributed by atoms with van der Waals surface area (Å²) in [6, 6.07) is 0.224. The lowest BCUT2D eigenvalue weighted by Crippen LogP contribution is -2.32. The highest BCUT2D eigenvalue weighted by Gasteiger charge is 2.28. The summed E-state index contributed by atoms with van der Waals surface area (Å²) in [6.07, 6.45) is 4.28. The van der Waals surface area contributed by atoms with Crippen LogP contribution in [0.1, 0.15) is 24.9 Å². The first-order valence-electron chi connectivity index (χ1n) is 5.02. The summed E-state index contributed by atoms with van der Waals surface area (Å²) in [6.45, 7) is 2.01. The van der Waals surface area contributed by atoms with E-state index in [9.17, 15) is 8.42 Å². The number of sulfone groups is 1.